The number of benzene rings is 1. The molecule has 2 aliphatic carbocycles. The first-order chi connectivity index (χ1) is 8.25. The minimum atomic E-state index is 0.206. The Bertz CT molecular complexity index is 471. The zero-order valence-corrected chi connectivity index (χ0v) is 9.87. The van der Waals surface area contributed by atoms with Crippen molar-refractivity contribution in [3.05, 3.63) is 23.8 Å². The molecule has 3 heteroatoms. The smallest absolute Gasteiger partial charge is 0.231 e. The SMILES string of the molecule is NCC1(c2ccc3c(c2)OCO3)CC2(CC2)C1. The quantitative estimate of drug-likeness (QED) is 0.848. The lowest BCUT2D eigenvalue weighted by Crippen LogP contribution is -2.48. The molecule has 3 nitrogen and oxygen atoms in total. The van der Waals surface area contributed by atoms with E-state index in [1.807, 2.05) is 6.07 Å². The molecule has 0 amide bonds. The van der Waals surface area contributed by atoms with Gasteiger partial charge in [-0.3, -0.25) is 0 Å². The highest BCUT2D eigenvalue weighted by Crippen LogP contribution is 2.68. The molecule has 1 aromatic rings. The van der Waals surface area contributed by atoms with E-state index in [1.54, 1.807) is 0 Å². The van der Waals surface area contributed by atoms with Crippen molar-refractivity contribution in [1.29, 1.82) is 0 Å². The van der Waals surface area contributed by atoms with Crippen LogP contribution in [0.3, 0.4) is 0 Å². The van der Waals surface area contributed by atoms with Gasteiger partial charge in [0.05, 0.1) is 0 Å². The van der Waals surface area contributed by atoms with E-state index in [2.05, 4.69) is 12.1 Å². The monoisotopic (exact) mass is 231 g/mol. The first-order valence-electron chi connectivity index (χ1n) is 6.36. The van der Waals surface area contributed by atoms with Gasteiger partial charge in [0.1, 0.15) is 0 Å². The molecule has 3 aliphatic rings. The summed E-state index contributed by atoms with van der Waals surface area (Å²) in [6, 6.07) is 6.31. The fraction of sp³-hybridized carbons (Fsp3) is 0.571. The van der Waals surface area contributed by atoms with Gasteiger partial charge >= 0.3 is 0 Å². The van der Waals surface area contributed by atoms with Crippen LogP contribution in [0, 0.1) is 5.41 Å². The second-order valence-corrected chi connectivity index (χ2v) is 5.91. The van der Waals surface area contributed by atoms with E-state index in [-0.39, 0.29) is 5.41 Å². The summed E-state index contributed by atoms with van der Waals surface area (Å²) in [6.45, 7) is 1.09. The summed E-state index contributed by atoms with van der Waals surface area (Å²) < 4.78 is 10.8. The summed E-state index contributed by atoms with van der Waals surface area (Å²) in [4.78, 5) is 0. The number of fused-ring (bicyclic) bond motifs is 1. The average Bonchev–Trinajstić information content (AvgIpc) is 2.95. The Morgan fingerprint density at radius 1 is 1.12 bits per heavy atom. The van der Waals surface area contributed by atoms with Crippen LogP contribution in [0.2, 0.25) is 0 Å². The van der Waals surface area contributed by atoms with Gasteiger partial charge in [0.2, 0.25) is 6.79 Å². The molecule has 0 atom stereocenters. The molecule has 1 heterocycles. The summed E-state index contributed by atoms with van der Waals surface area (Å²) in [6.07, 6.45) is 5.32. The highest BCUT2D eigenvalue weighted by atomic mass is 16.7. The van der Waals surface area contributed by atoms with E-state index < -0.39 is 0 Å². The molecule has 0 saturated heterocycles. The number of hydrogen-bond donors (Lipinski definition) is 1. The van der Waals surface area contributed by atoms with Crippen molar-refractivity contribution >= 4 is 0 Å². The van der Waals surface area contributed by atoms with Gasteiger partial charge in [0, 0.05) is 12.0 Å². The van der Waals surface area contributed by atoms with Gasteiger partial charge in [-0.25, -0.2) is 0 Å². The van der Waals surface area contributed by atoms with Crippen LogP contribution >= 0.6 is 0 Å². The standard InChI is InChI=1S/C14H17NO2/c15-8-14(6-13(7-14)3-4-13)10-1-2-11-12(5-10)17-9-16-11/h1-2,5H,3-4,6-9,15H2. The van der Waals surface area contributed by atoms with E-state index in [4.69, 9.17) is 15.2 Å². The summed E-state index contributed by atoms with van der Waals surface area (Å²) in [5.41, 5.74) is 8.23. The molecule has 17 heavy (non-hydrogen) atoms. The average molecular weight is 231 g/mol. The number of rotatable bonds is 2. The normalized spacial score (nSPS) is 25.7. The zero-order chi connectivity index (χ0) is 11.5. The zero-order valence-electron chi connectivity index (χ0n) is 9.87. The number of ether oxygens (including phenoxy) is 2. The summed E-state index contributed by atoms with van der Waals surface area (Å²) in [7, 11) is 0. The van der Waals surface area contributed by atoms with Gasteiger partial charge in [-0.1, -0.05) is 6.07 Å². The molecule has 4 rings (SSSR count). The van der Waals surface area contributed by atoms with Gasteiger partial charge in [-0.15, -0.1) is 0 Å². The second-order valence-electron chi connectivity index (χ2n) is 5.91. The Labute approximate surface area is 101 Å². The molecule has 0 unspecified atom stereocenters. The highest BCUT2D eigenvalue weighted by molar-refractivity contribution is 5.48. The number of hydrogen-bond acceptors (Lipinski definition) is 3. The van der Waals surface area contributed by atoms with Gasteiger partial charge in [-0.2, -0.15) is 0 Å². The van der Waals surface area contributed by atoms with Gasteiger partial charge in [0.25, 0.3) is 0 Å². The van der Waals surface area contributed by atoms with Crippen molar-refractivity contribution in [3.8, 4) is 11.5 Å². The Hall–Kier alpha value is -1.22. The summed E-state index contributed by atoms with van der Waals surface area (Å²) >= 11 is 0. The molecule has 90 valence electrons. The van der Waals surface area contributed by atoms with Gasteiger partial charge in [-0.05, 0) is 48.8 Å². The molecule has 2 fully saturated rings. The van der Waals surface area contributed by atoms with E-state index in [1.165, 1.54) is 31.2 Å². The lowest BCUT2D eigenvalue weighted by atomic mass is 9.56. The Morgan fingerprint density at radius 2 is 1.88 bits per heavy atom. The predicted octanol–water partition coefficient (Wildman–Crippen LogP) is 2.19. The van der Waals surface area contributed by atoms with Crippen molar-refractivity contribution in [3.63, 3.8) is 0 Å². The molecule has 2 saturated carbocycles. The lowest BCUT2D eigenvalue weighted by molar-refractivity contribution is 0.126. The largest absolute Gasteiger partial charge is 0.454 e. The third-order valence-electron chi connectivity index (χ3n) is 4.76. The number of nitrogens with two attached hydrogens (primary N) is 1. The van der Waals surface area contributed by atoms with Crippen LogP contribution < -0.4 is 15.2 Å². The Kier molecular flexibility index (Phi) is 1.70. The van der Waals surface area contributed by atoms with Crippen molar-refractivity contribution in [2.75, 3.05) is 13.3 Å². The van der Waals surface area contributed by atoms with Crippen LogP contribution in [-0.2, 0) is 5.41 Å². The van der Waals surface area contributed by atoms with E-state index in [0.717, 1.165) is 18.0 Å². The molecule has 1 spiro atoms. The maximum atomic E-state index is 6.02. The van der Waals surface area contributed by atoms with Crippen molar-refractivity contribution in [1.82, 2.24) is 0 Å². The Morgan fingerprint density at radius 3 is 2.59 bits per heavy atom. The molecule has 0 aromatic heterocycles. The lowest BCUT2D eigenvalue weighted by Gasteiger charge is -2.48. The topological polar surface area (TPSA) is 44.5 Å². The van der Waals surface area contributed by atoms with E-state index in [9.17, 15) is 0 Å². The van der Waals surface area contributed by atoms with E-state index in [0.29, 0.717) is 12.2 Å². The predicted molar refractivity (Wildman–Crippen MR) is 64.2 cm³/mol. The van der Waals surface area contributed by atoms with Crippen LogP contribution in [0.1, 0.15) is 31.2 Å². The van der Waals surface area contributed by atoms with Crippen LogP contribution in [0.25, 0.3) is 0 Å². The first-order valence-corrected chi connectivity index (χ1v) is 6.36. The molecule has 0 radical (unpaired) electrons. The third-order valence-corrected chi connectivity index (χ3v) is 4.76. The third kappa shape index (κ3) is 1.26. The van der Waals surface area contributed by atoms with Crippen molar-refractivity contribution in [2.45, 2.75) is 31.1 Å². The van der Waals surface area contributed by atoms with Gasteiger partial charge < -0.3 is 15.2 Å². The van der Waals surface area contributed by atoms with E-state index >= 15 is 0 Å². The molecule has 1 aromatic carbocycles. The van der Waals surface area contributed by atoms with Crippen molar-refractivity contribution in [2.24, 2.45) is 11.1 Å². The van der Waals surface area contributed by atoms with Crippen molar-refractivity contribution < 1.29 is 9.47 Å². The summed E-state index contributed by atoms with van der Waals surface area (Å²) in [5.74, 6) is 1.74. The maximum Gasteiger partial charge on any atom is 0.231 e. The minimum Gasteiger partial charge on any atom is -0.454 e. The molecule has 2 N–H and O–H groups in total. The van der Waals surface area contributed by atoms with Crippen LogP contribution in [-0.4, -0.2) is 13.3 Å². The van der Waals surface area contributed by atoms with Gasteiger partial charge in [0.15, 0.2) is 11.5 Å². The Balaban J connectivity index is 1.69. The molecule has 0 bridgehead atoms. The minimum absolute atomic E-state index is 0.206. The van der Waals surface area contributed by atoms with Crippen LogP contribution in [0.4, 0.5) is 0 Å². The van der Waals surface area contributed by atoms with Crippen LogP contribution in [0.15, 0.2) is 18.2 Å². The molecular weight excluding hydrogens is 214 g/mol. The molecular formula is C14H17NO2. The molecule has 1 aliphatic heterocycles. The summed E-state index contributed by atoms with van der Waals surface area (Å²) in [5, 5.41) is 0. The second kappa shape index (κ2) is 2.96. The maximum absolute atomic E-state index is 6.02. The fourth-order valence-electron chi connectivity index (χ4n) is 3.61. The van der Waals surface area contributed by atoms with Crippen LogP contribution in [0.5, 0.6) is 11.5 Å². The fourth-order valence-corrected chi connectivity index (χ4v) is 3.61. The first kappa shape index (κ1) is 9.77. The highest BCUT2D eigenvalue weighted by Gasteiger charge is 2.60.